The number of carbonyl (C=O) groups excluding carboxylic acids is 1. The van der Waals surface area contributed by atoms with Crippen molar-refractivity contribution in [1.82, 2.24) is 24.1 Å². The average Bonchev–Trinajstić information content (AvgIpc) is 3.25. The van der Waals surface area contributed by atoms with Crippen molar-refractivity contribution in [2.24, 2.45) is 13.0 Å². The van der Waals surface area contributed by atoms with Crippen molar-refractivity contribution in [3.05, 3.63) is 42.9 Å². The molecular weight excluding hydrogens is 296 g/mol. The highest BCUT2D eigenvalue weighted by Gasteiger charge is 2.37. The Bertz CT molecular complexity index is 854. The Morgan fingerprint density at radius 3 is 3.17 bits per heavy atom. The Kier molecular flexibility index (Phi) is 3.30. The number of hydrogen-bond acceptors (Lipinski definition) is 5. The predicted octanol–water partition coefficient (Wildman–Crippen LogP) is 1.18. The molecule has 8 nitrogen and oxygen atoms in total. The van der Waals surface area contributed by atoms with Crippen LogP contribution in [0.15, 0.2) is 37.1 Å². The third-order valence-electron chi connectivity index (χ3n) is 4.10. The second-order valence-corrected chi connectivity index (χ2v) is 5.59. The molecule has 118 valence electrons. The molecule has 4 rings (SSSR count). The fourth-order valence-corrected chi connectivity index (χ4v) is 2.90. The van der Waals surface area contributed by atoms with Gasteiger partial charge < -0.3 is 14.6 Å². The lowest BCUT2D eigenvalue weighted by Gasteiger charge is -2.18. The van der Waals surface area contributed by atoms with E-state index < -0.39 is 0 Å². The largest absolute Gasteiger partial charge is 0.369 e. The van der Waals surface area contributed by atoms with E-state index in [9.17, 15) is 4.79 Å². The van der Waals surface area contributed by atoms with Crippen molar-refractivity contribution in [3.63, 3.8) is 0 Å². The minimum atomic E-state index is -0.311. The number of imidazole rings is 1. The van der Waals surface area contributed by atoms with E-state index in [1.165, 1.54) is 0 Å². The number of rotatable bonds is 3. The zero-order valence-corrected chi connectivity index (χ0v) is 12.6. The number of hydrogen-bond donors (Lipinski definition) is 1. The molecule has 8 heteroatoms. The number of pyridine rings is 1. The van der Waals surface area contributed by atoms with Crippen LogP contribution in [-0.2, 0) is 16.6 Å². The number of aromatic nitrogens is 5. The van der Waals surface area contributed by atoms with Crippen molar-refractivity contribution >= 4 is 17.2 Å². The molecule has 23 heavy (non-hydrogen) atoms. The molecule has 3 aromatic heterocycles. The molecule has 0 aromatic carbocycles. The van der Waals surface area contributed by atoms with Crippen LogP contribution >= 0.6 is 0 Å². The first-order valence-electron chi connectivity index (χ1n) is 7.41. The van der Waals surface area contributed by atoms with Crippen LogP contribution in [0.3, 0.4) is 0 Å². The van der Waals surface area contributed by atoms with Gasteiger partial charge in [0.2, 0.25) is 5.91 Å². The number of nitrogens with zero attached hydrogens (tertiary/aromatic N) is 5. The predicted molar refractivity (Wildman–Crippen MR) is 81.6 cm³/mol. The van der Waals surface area contributed by atoms with Crippen LogP contribution in [0.2, 0.25) is 0 Å². The summed E-state index contributed by atoms with van der Waals surface area (Å²) in [6.45, 7) is 0.556. The molecule has 1 aliphatic rings. The van der Waals surface area contributed by atoms with Crippen LogP contribution in [0, 0.1) is 5.92 Å². The van der Waals surface area contributed by atoms with Gasteiger partial charge in [-0.25, -0.2) is 4.98 Å². The van der Waals surface area contributed by atoms with Crippen molar-refractivity contribution in [1.29, 1.82) is 0 Å². The van der Waals surface area contributed by atoms with Crippen LogP contribution in [0.1, 0.15) is 18.3 Å². The average molecular weight is 312 g/mol. The number of carbonyl (C=O) groups is 1. The van der Waals surface area contributed by atoms with E-state index in [4.69, 9.17) is 4.74 Å². The molecule has 0 spiro atoms. The summed E-state index contributed by atoms with van der Waals surface area (Å²) in [5, 5.41) is 10.7. The summed E-state index contributed by atoms with van der Waals surface area (Å²) in [4.78, 5) is 16.9. The van der Waals surface area contributed by atoms with Crippen molar-refractivity contribution in [2.75, 3.05) is 11.9 Å². The smallest absolute Gasteiger partial charge is 0.230 e. The first kappa shape index (κ1) is 13.9. The highest BCUT2D eigenvalue weighted by Crippen LogP contribution is 2.34. The third-order valence-corrected chi connectivity index (χ3v) is 4.10. The first-order valence-corrected chi connectivity index (χ1v) is 7.41. The van der Waals surface area contributed by atoms with Gasteiger partial charge in [-0.1, -0.05) is 0 Å². The Hall–Kier alpha value is -2.74. The van der Waals surface area contributed by atoms with Crippen molar-refractivity contribution in [3.8, 4) is 0 Å². The molecule has 0 unspecified atom stereocenters. The zero-order chi connectivity index (χ0) is 15.8. The number of fused-ring (bicyclic) bond motifs is 1. The van der Waals surface area contributed by atoms with Gasteiger partial charge in [0.25, 0.3) is 0 Å². The minimum Gasteiger partial charge on any atom is -0.369 e. The van der Waals surface area contributed by atoms with E-state index in [0.717, 1.165) is 11.5 Å². The molecule has 0 bridgehead atoms. The molecule has 1 fully saturated rings. The van der Waals surface area contributed by atoms with E-state index in [-0.39, 0.29) is 17.9 Å². The minimum absolute atomic E-state index is 0.0667. The molecular formula is C15H16N6O2. The molecule has 0 saturated carbocycles. The van der Waals surface area contributed by atoms with Gasteiger partial charge in [-0.15, -0.1) is 10.2 Å². The summed E-state index contributed by atoms with van der Waals surface area (Å²) in [7, 11) is 1.90. The maximum atomic E-state index is 12.6. The van der Waals surface area contributed by atoms with Gasteiger partial charge in [0.15, 0.2) is 5.65 Å². The van der Waals surface area contributed by atoms with Crippen LogP contribution in [0.5, 0.6) is 0 Å². The van der Waals surface area contributed by atoms with Crippen molar-refractivity contribution < 1.29 is 9.53 Å². The summed E-state index contributed by atoms with van der Waals surface area (Å²) in [5.41, 5.74) is 1.44. The van der Waals surface area contributed by atoms with Crippen LogP contribution in [-0.4, -0.2) is 36.7 Å². The third kappa shape index (κ3) is 2.46. The molecule has 1 aliphatic heterocycles. The number of nitrogens with one attached hydrogen (secondary N) is 1. The summed E-state index contributed by atoms with van der Waals surface area (Å²) < 4.78 is 9.39. The fourth-order valence-electron chi connectivity index (χ4n) is 2.90. The maximum absolute atomic E-state index is 12.6. The second kappa shape index (κ2) is 5.47. The number of ether oxygens (including phenoxy) is 1. The van der Waals surface area contributed by atoms with Crippen molar-refractivity contribution in [2.45, 2.75) is 12.5 Å². The van der Waals surface area contributed by atoms with Gasteiger partial charge in [0.1, 0.15) is 18.3 Å². The Balaban J connectivity index is 1.54. The van der Waals surface area contributed by atoms with E-state index >= 15 is 0 Å². The number of aryl methyl sites for hydroxylation is 1. The van der Waals surface area contributed by atoms with Gasteiger partial charge in [-0.2, -0.15) is 0 Å². The molecule has 4 heterocycles. The van der Waals surface area contributed by atoms with Crippen LogP contribution < -0.4 is 5.32 Å². The lowest BCUT2D eigenvalue weighted by Crippen LogP contribution is -2.26. The lowest BCUT2D eigenvalue weighted by atomic mass is 9.99. The molecule has 0 radical (unpaired) electrons. The van der Waals surface area contributed by atoms with Gasteiger partial charge in [-0.05, 0) is 18.6 Å². The Labute approximate surface area is 132 Å². The highest BCUT2D eigenvalue weighted by molar-refractivity contribution is 5.93. The Morgan fingerprint density at radius 1 is 1.43 bits per heavy atom. The number of anilines is 1. The van der Waals surface area contributed by atoms with Gasteiger partial charge in [0, 0.05) is 32.2 Å². The SMILES string of the molecule is Cn1ccnc1[C@@H]1OCC[C@H]1C(=O)Nc1ccc2nncn2c1. The standard InChI is InChI=1S/C15H16N6O2/c1-20-6-5-16-14(20)13-11(4-7-23-13)15(22)18-10-2-3-12-19-17-9-21(12)8-10/h2-3,5-6,8-9,11,13H,4,7H2,1H3,(H,18,22)/t11-,13-/m1/s1. The zero-order valence-electron chi connectivity index (χ0n) is 12.6. The van der Waals surface area contributed by atoms with E-state index in [0.29, 0.717) is 18.7 Å². The first-order chi connectivity index (χ1) is 11.2. The van der Waals surface area contributed by atoms with E-state index in [1.54, 1.807) is 23.1 Å². The summed E-state index contributed by atoms with van der Waals surface area (Å²) in [6, 6.07) is 3.62. The number of amides is 1. The van der Waals surface area contributed by atoms with Gasteiger partial charge in [0.05, 0.1) is 11.6 Å². The van der Waals surface area contributed by atoms with Gasteiger partial charge in [-0.3, -0.25) is 9.20 Å². The summed E-state index contributed by atoms with van der Waals surface area (Å²) in [6.07, 6.45) is 7.32. The monoisotopic (exact) mass is 312 g/mol. The topological polar surface area (TPSA) is 86.3 Å². The summed E-state index contributed by atoms with van der Waals surface area (Å²) >= 11 is 0. The summed E-state index contributed by atoms with van der Waals surface area (Å²) in [5.74, 6) is 0.451. The van der Waals surface area contributed by atoms with Crippen LogP contribution in [0.25, 0.3) is 5.65 Å². The van der Waals surface area contributed by atoms with E-state index in [1.807, 2.05) is 29.9 Å². The fraction of sp³-hybridized carbons (Fsp3) is 0.333. The molecule has 1 saturated heterocycles. The van der Waals surface area contributed by atoms with E-state index in [2.05, 4.69) is 20.5 Å². The highest BCUT2D eigenvalue weighted by atomic mass is 16.5. The van der Waals surface area contributed by atoms with Crippen LogP contribution in [0.4, 0.5) is 5.69 Å². The molecule has 3 aromatic rings. The van der Waals surface area contributed by atoms with Gasteiger partial charge >= 0.3 is 0 Å². The quantitative estimate of drug-likeness (QED) is 0.785. The second-order valence-electron chi connectivity index (χ2n) is 5.59. The molecule has 2 atom stereocenters. The molecule has 0 aliphatic carbocycles. The normalized spacial score (nSPS) is 20.9. The maximum Gasteiger partial charge on any atom is 0.230 e. The lowest BCUT2D eigenvalue weighted by molar-refractivity contribution is -0.121. The Morgan fingerprint density at radius 2 is 2.35 bits per heavy atom. The molecule has 1 amide bonds. The molecule has 1 N–H and O–H groups in total.